The molecule has 0 saturated heterocycles. The Bertz CT molecular complexity index is 1210. The van der Waals surface area contributed by atoms with Gasteiger partial charge in [-0.3, -0.25) is 14.4 Å². The molecule has 5 unspecified atom stereocenters. The molecule has 4 saturated carbocycles. The van der Waals surface area contributed by atoms with Gasteiger partial charge in [0, 0.05) is 30.1 Å². The highest BCUT2D eigenvalue weighted by atomic mass is 16.5. The minimum atomic E-state index is -0.838. The molecule has 0 bridgehead atoms. The summed E-state index contributed by atoms with van der Waals surface area (Å²) >= 11 is 0. The van der Waals surface area contributed by atoms with Gasteiger partial charge in [0.1, 0.15) is 0 Å². The molecule has 0 amide bonds. The van der Waals surface area contributed by atoms with Gasteiger partial charge in [-0.1, -0.05) is 47.1 Å². The summed E-state index contributed by atoms with van der Waals surface area (Å²) in [4.78, 5) is 43.4. The molecule has 0 aromatic carbocycles. The first kappa shape index (κ1) is 29.3. The Morgan fingerprint density at radius 2 is 1.70 bits per heavy atom. The van der Waals surface area contributed by atoms with Crippen molar-refractivity contribution in [1.29, 1.82) is 0 Å². The molecule has 0 aromatic rings. The average Bonchev–Trinajstić information content (AvgIpc) is 2.85. The molecule has 7 heteroatoms. The molecule has 0 spiro atoms. The van der Waals surface area contributed by atoms with E-state index in [2.05, 4.69) is 32.5 Å². The van der Waals surface area contributed by atoms with Crippen molar-refractivity contribution < 1.29 is 29.3 Å². The second kappa shape index (κ2) is 8.90. The number of nitrogens with zero attached hydrogens (tertiary/aromatic N) is 1. The zero-order valence-electron chi connectivity index (χ0n) is 25.3. The van der Waals surface area contributed by atoms with Gasteiger partial charge < -0.3 is 19.8 Å². The highest BCUT2D eigenvalue weighted by Gasteiger charge is 2.74. The fraction of sp³-hybridized carbons (Fsp3) is 0.818. The van der Waals surface area contributed by atoms with Gasteiger partial charge in [0.05, 0.1) is 12.0 Å². The number of carboxylic acids is 1. The Kier molecular flexibility index (Phi) is 6.52. The van der Waals surface area contributed by atoms with Crippen molar-refractivity contribution in [2.24, 2.45) is 50.2 Å². The first-order chi connectivity index (χ1) is 18.5. The van der Waals surface area contributed by atoms with E-state index in [0.717, 1.165) is 31.3 Å². The van der Waals surface area contributed by atoms with Gasteiger partial charge in [-0.2, -0.15) is 0 Å². The molecule has 0 radical (unpaired) electrons. The molecule has 9 atom stereocenters. The summed E-state index contributed by atoms with van der Waals surface area (Å²) in [6, 6.07) is -0.652. The second-order valence-electron chi connectivity index (χ2n) is 15.8. The monoisotopic (exact) mass is 553 g/mol. The van der Waals surface area contributed by atoms with Crippen molar-refractivity contribution in [3.63, 3.8) is 0 Å². The largest absolute Gasteiger partial charge is 0.481 e. The number of aliphatic carboxylic acids is 1. The van der Waals surface area contributed by atoms with Crippen LogP contribution in [0.2, 0.25) is 0 Å². The average molecular weight is 554 g/mol. The van der Waals surface area contributed by atoms with E-state index >= 15 is 0 Å². The normalized spacial score (nSPS) is 46.8. The number of carbonyl (C=O) groups is 3. The Labute approximate surface area is 238 Å². The lowest BCUT2D eigenvalue weighted by Gasteiger charge is -2.70. The SMILES string of the molecule is [C-]#[N+]C1C[C@@]2(CO)C(CC[C@]3(C)C2C(=O)C=C2C4CC(C)(C)CC[C@]4(C(=O)O)CC[C@]23C)C(C)(C)C1OC(C)=O. The smallest absolute Gasteiger partial charge is 0.310 e. The summed E-state index contributed by atoms with van der Waals surface area (Å²) in [7, 11) is 0. The van der Waals surface area contributed by atoms with Gasteiger partial charge >= 0.3 is 11.9 Å². The van der Waals surface area contributed by atoms with Crippen molar-refractivity contribution in [2.75, 3.05) is 6.61 Å². The zero-order valence-corrected chi connectivity index (χ0v) is 25.3. The van der Waals surface area contributed by atoms with E-state index in [1.807, 2.05) is 13.8 Å². The predicted molar refractivity (Wildman–Crippen MR) is 150 cm³/mol. The number of ether oxygens (including phenoxy) is 1. The molecule has 0 heterocycles. The number of aliphatic hydroxyl groups excluding tert-OH is 1. The molecule has 5 aliphatic rings. The maximum Gasteiger partial charge on any atom is 0.310 e. The Morgan fingerprint density at radius 3 is 2.27 bits per heavy atom. The van der Waals surface area contributed by atoms with E-state index in [4.69, 9.17) is 11.3 Å². The topological polar surface area (TPSA) is 105 Å². The number of aliphatic hydroxyl groups is 1. The quantitative estimate of drug-likeness (QED) is 0.335. The molecule has 220 valence electrons. The van der Waals surface area contributed by atoms with E-state index in [0.29, 0.717) is 25.7 Å². The molecule has 7 nitrogen and oxygen atoms in total. The standard InChI is InChI=1S/C33H47NO6/c1-19(36)40-26-22(34-8)17-33(18-35)24(29(26,4)5)9-10-31(7)25(33)23(37)15-20-21-16-28(2,3)11-13-32(21,27(38)39)14-12-30(20,31)6/h15,21-22,24-26,35H,9-14,16-18H2,1-7H3,(H,38,39)/t21?,22?,24?,25?,26?,30-,31-,32+,33-/m1/s1. The summed E-state index contributed by atoms with van der Waals surface area (Å²) in [6.07, 6.45) is 6.54. The molecule has 40 heavy (non-hydrogen) atoms. The highest BCUT2D eigenvalue weighted by molar-refractivity contribution is 5.96. The molecule has 0 aromatic heterocycles. The van der Waals surface area contributed by atoms with Crippen LogP contribution in [0.1, 0.15) is 99.8 Å². The van der Waals surface area contributed by atoms with Gasteiger partial charge in [-0.15, -0.1) is 0 Å². The van der Waals surface area contributed by atoms with Crippen molar-refractivity contribution in [2.45, 2.75) is 112 Å². The minimum absolute atomic E-state index is 0.00450. The third-order valence-corrected chi connectivity index (χ3v) is 13.2. The summed E-state index contributed by atoms with van der Waals surface area (Å²) in [6.45, 7) is 22.1. The zero-order chi connectivity index (χ0) is 29.7. The molecule has 2 N–H and O–H groups in total. The fourth-order valence-electron chi connectivity index (χ4n) is 11.0. The second-order valence-corrected chi connectivity index (χ2v) is 15.8. The van der Waals surface area contributed by atoms with Crippen LogP contribution in [-0.2, 0) is 19.1 Å². The van der Waals surface area contributed by atoms with E-state index in [-0.39, 0.29) is 35.1 Å². The number of allylic oxidation sites excluding steroid dienone is 2. The van der Waals surface area contributed by atoms with E-state index in [1.54, 1.807) is 6.08 Å². The maximum absolute atomic E-state index is 14.5. The first-order valence-electron chi connectivity index (χ1n) is 15.1. The van der Waals surface area contributed by atoms with Crippen LogP contribution in [0.3, 0.4) is 0 Å². The number of hydrogen-bond donors (Lipinski definition) is 2. The van der Waals surface area contributed by atoms with Gasteiger partial charge in [0.15, 0.2) is 11.9 Å². The van der Waals surface area contributed by atoms with Crippen molar-refractivity contribution >= 4 is 17.7 Å². The summed E-state index contributed by atoms with van der Waals surface area (Å²) in [5.74, 6) is -1.97. The van der Waals surface area contributed by atoms with Gasteiger partial charge in [0.2, 0.25) is 0 Å². The molecule has 0 aliphatic heterocycles. The number of carbonyl (C=O) groups excluding carboxylic acids is 2. The van der Waals surface area contributed by atoms with Crippen molar-refractivity contribution in [3.05, 3.63) is 23.1 Å². The summed E-state index contributed by atoms with van der Waals surface area (Å²) in [5.41, 5.74) is -2.13. The van der Waals surface area contributed by atoms with Crippen LogP contribution in [0.25, 0.3) is 4.85 Å². The molecule has 4 fully saturated rings. The number of rotatable bonds is 3. The number of carboxylic acid groups (broad SMARTS) is 1. The lowest BCUT2D eigenvalue weighted by molar-refractivity contribution is -0.226. The van der Waals surface area contributed by atoms with E-state index in [1.165, 1.54) is 6.92 Å². The first-order valence-corrected chi connectivity index (χ1v) is 15.1. The number of ketones is 1. The number of esters is 1. The molecule has 5 aliphatic carbocycles. The molecule has 5 rings (SSSR count). The van der Waals surface area contributed by atoms with Crippen molar-refractivity contribution in [3.8, 4) is 0 Å². The summed E-state index contributed by atoms with van der Waals surface area (Å²) in [5, 5.41) is 21.8. The predicted octanol–water partition coefficient (Wildman–Crippen LogP) is 5.85. The lowest BCUT2D eigenvalue weighted by atomic mass is 9.33. The maximum atomic E-state index is 14.5. The highest BCUT2D eigenvalue weighted by Crippen LogP contribution is 2.75. The number of hydrogen-bond acceptors (Lipinski definition) is 5. The third kappa shape index (κ3) is 3.60. The Hall–Kier alpha value is -2.20. The van der Waals surface area contributed by atoms with E-state index < -0.39 is 51.7 Å². The third-order valence-electron chi connectivity index (χ3n) is 13.2. The van der Waals surface area contributed by atoms with Crippen LogP contribution in [0.4, 0.5) is 0 Å². The minimum Gasteiger partial charge on any atom is -0.481 e. The van der Waals surface area contributed by atoms with E-state index in [9.17, 15) is 24.6 Å². The van der Waals surface area contributed by atoms with Crippen LogP contribution >= 0.6 is 0 Å². The van der Waals surface area contributed by atoms with Gasteiger partial charge in [-0.25, -0.2) is 6.57 Å². The van der Waals surface area contributed by atoms with Crippen LogP contribution in [0.5, 0.6) is 0 Å². The van der Waals surface area contributed by atoms with Crippen LogP contribution < -0.4 is 0 Å². The Balaban J connectivity index is 1.67. The van der Waals surface area contributed by atoms with Gasteiger partial charge in [-0.05, 0) is 79.1 Å². The van der Waals surface area contributed by atoms with Crippen LogP contribution in [0.15, 0.2) is 11.6 Å². The fourth-order valence-corrected chi connectivity index (χ4v) is 11.0. The lowest BCUT2D eigenvalue weighted by Crippen LogP contribution is -2.70. The van der Waals surface area contributed by atoms with Crippen LogP contribution in [0, 0.1) is 56.8 Å². The number of fused-ring (bicyclic) bond motifs is 7. The summed E-state index contributed by atoms with van der Waals surface area (Å²) < 4.78 is 5.77. The van der Waals surface area contributed by atoms with Gasteiger partial charge in [0.25, 0.3) is 6.04 Å². The van der Waals surface area contributed by atoms with Crippen LogP contribution in [-0.4, -0.2) is 46.7 Å². The van der Waals surface area contributed by atoms with Crippen molar-refractivity contribution in [1.82, 2.24) is 0 Å². The molecular weight excluding hydrogens is 506 g/mol. The molecular formula is C33H47NO6. The Morgan fingerprint density at radius 1 is 1.05 bits per heavy atom.